The van der Waals surface area contributed by atoms with Gasteiger partial charge in [-0.25, -0.2) is 9.67 Å². The summed E-state index contributed by atoms with van der Waals surface area (Å²) in [5.41, 5.74) is 2.65. The Morgan fingerprint density at radius 1 is 1.31 bits per heavy atom. The van der Waals surface area contributed by atoms with Crippen molar-refractivity contribution in [3.63, 3.8) is 0 Å². The summed E-state index contributed by atoms with van der Waals surface area (Å²) in [4.78, 5) is 18.7. The number of aromatic nitrogens is 4. The lowest BCUT2D eigenvalue weighted by Gasteiger charge is -2.33. The minimum atomic E-state index is -0.105. The van der Waals surface area contributed by atoms with Crippen LogP contribution in [0.2, 0.25) is 0 Å². The van der Waals surface area contributed by atoms with Crippen molar-refractivity contribution in [1.82, 2.24) is 25.3 Å². The first-order valence-electron chi connectivity index (χ1n) is 8.62. The van der Waals surface area contributed by atoms with E-state index in [1.807, 2.05) is 22.3 Å². The van der Waals surface area contributed by atoms with Crippen molar-refractivity contribution < 1.29 is 4.79 Å². The summed E-state index contributed by atoms with van der Waals surface area (Å²) in [5, 5.41) is 15.4. The number of carbonyl (C=O) groups excluding carboxylic acids is 1. The standard InChI is InChI=1S/C18H20N6OS/c1-19-18(25)15-3-2-7-20-17(15)23-8-4-14(5-9-23)24-11-16(21-22-24)13-6-10-26-12-13/h2-3,6-7,10-12,14H,4-5,8-9H2,1H3,(H,19,25). The summed E-state index contributed by atoms with van der Waals surface area (Å²) < 4.78 is 1.97. The molecule has 4 rings (SSSR count). The Bertz CT molecular complexity index is 883. The van der Waals surface area contributed by atoms with E-state index in [-0.39, 0.29) is 5.91 Å². The number of nitrogens with one attached hydrogen (secondary N) is 1. The molecule has 1 saturated heterocycles. The zero-order valence-corrected chi connectivity index (χ0v) is 15.3. The molecule has 1 amide bonds. The number of piperidine rings is 1. The molecule has 0 atom stereocenters. The van der Waals surface area contributed by atoms with Crippen molar-refractivity contribution in [2.24, 2.45) is 0 Å². The van der Waals surface area contributed by atoms with Gasteiger partial charge in [0, 0.05) is 37.3 Å². The summed E-state index contributed by atoms with van der Waals surface area (Å²) in [5.74, 6) is 0.648. The summed E-state index contributed by atoms with van der Waals surface area (Å²) >= 11 is 1.66. The molecule has 4 heterocycles. The fraction of sp³-hybridized carbons (Fsp3) is 0.333. The second kappa shape index (κ2) is 7.25. The molecule has 7 nitrogen and oxygen atoms in total. The Morgan fingerprint density at radius 2 is 2.15 bits per heavy atom. The van der Waals surface area contributed by atoms with E-state index in [4.69, 9.17) is 0 Å². The number of anilines is 1. The van der Waals surface area contributed by atoms with Gasteiger partial charge in [0.15, 0.2) is 0 Å². The van der Waals surface area contributed by atoms with Crippen molar-refractivity contribution in [2.75, 3.05) is 25.0 Å². The van der Waals surface area contributed by atoms with Crippen molar-refractivity contribution in [3.05, 3.63) is 46.9 Å². The molecule has 0 unspecified atom stereocenters. The molecular weight excluding hydrogens is 348 g/mol. The third-order valence-corrected chi connectivity index (χ3v) is 5.41. The highest BCUT2D eigenvalue weighted by Gasteiger charge is 2.25. The Balaban J connectivity index is 1.46. The predicted molar refractivity (Wildman–Crippen MR) is 101 cm³/mol. The average Bonchev–Trinajstić information content (AvgIpc) is 3.39. The third-order valence-electron chi connectivity index (χ3n) is 4.72. The first-order chi connectivity index (χ1) is 12.8. The van der Waals surface area contributed by atoms with Crippen molar-refractivity contribution >= 4 is 23.1 Å². The van der Waals surface area contributed by atoms with Gasteiger partial charge in [-0.05, 0) is 36.4 Å². The van der Waals surface area contributed by atoms with Crippen LogP contribution in [-0.2, 0) is 0 Å². The molecule has 0 saturated carbocycles. The predicted octanol–water partition coefficient (Wildman–Crippen LogP) is 2.60. The number of pyridine rings is 1. The summed E-state index contributed by atoms with van der Waals surface area (Å²) in [6, 6.07) is 5.99. The molecule has 0 aliphatic carbocycles. The number of amides is 1. The average molecular weight is 368 g/mol. The molecule has 0 bridgehead atoms. The Kier molecular flexibility index (Phi) is 4.66. The zero-order chi connectivity index (χ0) is 17.9. The van der Waals surface area contributed by atoms with E-state index in [1.165, 1.54) is 0 Å². The van der Waals surface area contributed by atoms with Crippen molar-refractivity contribution in [3.8, 4) is 11.3 Å². The number of hydrogen-bond acceptors (Lipinski definition) is 6. The first-order valence-corrected chi connectivity index (χ1v) is 9.57. The van der Waals surface area contributed by atoms with Crippen LogP contribution in [0.5, 0.6) is 0 Å². The SMILES string of the molecule is CNC(=O)c1cccnc1N1CCC(n2cc(-c3ccsc3)nn2)CC1. The second-order valence-corrected chi connectivity index (χ2v) is 7.05. The van der Waals surface area contributed by atoms with Gasteiger partial charge in [0.1, 0.15) is 11.5 Å². The zero-order valence-electron chi connectivity index (χ0n) is 14.5. The lowest BCUT2D eigenvalue weighted by molar-refractivity contribution is 0.0963. The maximum absolute atomic E-state index is 12.1. The van der Waals surface area contributed by atoms with Crippen LogP contribution in [0.15, 0.2) is 41.4 Å². The number of nitrogens with zero attached hydrogens (tertiary/aromatic N) is 5. The van der Waals surface area contributed by atoms with Gasteiger partial charge in [-0.15, -0.1) is 5.10 Å². The molecule has 1 aliphatic heterocycles. The normalized spacial score (nSPS) is 15.2. The molecule has 8 heteroatoms. The quantitative estimate of drug-likeness (QED) is 0.766. The Morgan fingerprint density at radius 3 is 2.88 bits per heavy atom. The van der Waals surface area contributed by atoms with Crippen LogP contribution in [0.25, 0.3) is 11.3 Å². The fourth-order valence-corrected chi connectivity index (χ4v) is 3.95. The van der Waals surface area contributed by atoms with Crippen LogP contribution in [0.1, 0.15) is 29.2 Å². The van der Waals surface area contributed by atoms with Crippen LogP contribution in [0, 0.1) is 0 Å². The van der Waals surface area contributed by atoms with E-state index in [0.717, 1.165) is 43.0 Å². The molecule has 1 fully saturated rings. The van der Waals surface area contributed by atoms with Gasteiger partial charge < -0.3 is 10.2 Å². The molecular formula is C18H20N6OS. The monoisotopic (exact) mass is 368 g/mol. The smallest absolute Gasteiger partial charge is 0.254 e. The van der Waals surface area contributed by atoms with Crippen LogP contribution in [0.3, 0.4) is 0 Å². The number of thiophene rings is 1. The Hall–Kier alpha value is -2.74. The fourth-order valence-electron chi connectivity index (χ4n) is 3.30. The minimum absolute atomic E-state index is 0.105. The summed E-state index contributed by atoms with van der Waals surface area (Å²) in [6.45, 7) is 1.67. The van der Waals surface area contributed by atoms with Gasteiger partial charge in [-0.2, -0.15) is 11.3 Å². The van der Waals surface area contributed by atoms with E-state index < -0.39 is 0 Å². The van der Waals surface area contributed by atoms with Crippen LogP contribution < -0.4 is 10.2 Å². The number of hydrogen-bond donors (Lipinski definition) is 1. The maximum Gasteiger partial charge on any atom is 0.254 e. The minimum Gasteiger partial charge on any atom is -0.356 e. The molecule has 0 aromatic carbocycles. The van der Waals surface area contributed by atoms with E-state index >= 15 is 0 Å². The van der Waals surface area contributed by atoms with E-state index in [0.29, 0.717) is 11.6 Å². The lowest BCUT2D eigenvalue weighted by Crippen LogP contribution is -2.37. The van der Waals surface area contributed by atoms with E-state index in [9.17, 15) is 4.79 Å². The lowest BCUT2D eigenvalue weighted by atomic mass is 10.0. The molecule has 0 radical (unpaired) electrons. The summed E-state index contributed by atoms with van der Waals surface area (Å²) in [7, 11) is 1.64. The molecule has 1 N–H and O–H groups in total. The largest absolute Gasteiger partial charge is 0.356 e. The van der Waals surface area contributed by atoms with Gasteiger partial charge in [0.2, 0.25) is 0 Å². The molecule has 0 spiro atoms. The molecule has 3 aromatic rings. The third kappa shape index (κ3) is 3.20. The van der Waals surface area contributed by atoms with Gasteiger partial charge in [0.25, 0.3) is 5.91 Å². The van der Waals surface area contributed by atoms with Crippen LogP contribution in [0.4, 0.5) is 5.82 Å². The summed E-state index contributed by atoms with van der Waals surface area (Å²) in [6.07, 6.45) is 5.64. The highest BCUT2D eigenvalue weighted by atomic mass is 32.1. The molecule has 1 aliphatic rings. The Labute approximate surface area is 155 Å². The van der Waals surface area contributed by atoms with Crippen LogP contribution >= 0.6 is 11.3 Å². The number of rotatable bonds is 4. The molecule has 134 valence electrons. The highest BCUT2D eigenvalue weighted by Crippen LogP contribution is 2.28. The maximum atomic E-state index is 12.1. The van der Waals surface area contributed by atoms with Gasteiger partial charge in [-0.1, -0.05) is 5.21 Å². The van der Waals surface area contributed by atoms with Gasteiger partial charge in [0.05, 0.1) is 17.8 Å². The van der Waals surface area contributed by atoms with Gasteiger partial charge in [-0.3, -0.25) is 4.79 Å². The molecule has 26 heavy (non-hydrogen) atoms. The molecule has 3 aromatic heterocycles. The van der Waals surface area contributed by atoms with Crippen molar-refractivity contribution in [2.45, 2.75) is 18.9 Å². The first kappa shape index (κ1) is 16.7. The number of carbonyl (C=O) groups is 1. The highest BCUT2D eigenvalue weighted by molar-refractivity contribution is 7.08. The van der Waals surface area contributed by atoms with E-state index in [1.54, 1.807) is 30.6 Å². The topological polar surface area (TPSA) is 75.9 Å². The van der Waals surface area contributed by atoms with Crippen LogP contribution in [-0.4, -0.2) is 46.0 Å². The van der Waals surface area contributed by atoms with E-state index in [2.05, 4.69) is 37.0 Å². The second-order valence-electron chi connectivity index (χ2n) is 6.27. The van der Waals surface area contributed by atoms with Gasteiger partial charge >= 0.3 is 0 Å². The van der Waals surface area contributed by atoms with Crippen molar-refractivity contribution in [1.29, 1.82) is 0 Å².